The topological polar surface area (TPSA) is 88.1 Å². The number of carbonyl (C=O) groups excluding carboxylic acids is 2. The van der Waals surface area contributed by atoms with E-state index >= 15 is 0 Å². The standard InChI is InChI=1S/C10H18N2O5/c1-10(2,3)17-9(15)11-7-6-16-12(4-5-13)8(7)14/h7,13H,4-6H2,1-3H3,(H,11,15)/t7-/m1/s1. The molecule has 1 saturated heterocycles. The summed E-state index contributed by atoms with van der Waals surface area (Å²) in [7, 11) is 0. The van der Waals surface area contributed by atoms with Crippen molar-refractivity contribution in [1.29, 1.82) is 0 Å². The van der Waals surface area contributed by atoms with Gasteiger partial charge >= 0.3 is 6.09 Å². The number of hydrogen-bond donors (Lipinski definition) is 2. The van der Waals surface area contributed by atoms with Gasteiger partial charge in [0.15, 0.2) is 0 Å². The number of hydroxylamine groups is 2. The fraction of sp³-hybridized carbons (Fsp3) is 0.800. The number of aliphatic hydroxyl groups is 1. The fourth-order valence-electron chi connectivity index (χ4n) is 1.29. The highest BCUT2D eigenvalue weighted by atomic mass is 16.7. The number of β-amino-alcohol motifs (C(OH)–C–C–N with tert-alkyl or cyclic N) is 1. The molecule has 0 aliphatic carbocycles. The zero-order chi connectivity index (χ0) is 13.1. The lowest BCUT2D eigenvalue weighted by Crippen LogP contribution is -2.45. The largest absolute Gasteiger partial charge is 0.444 e. The lowest BCUT2D eigenvalue weighted by atomic mass is 10.2. The van der Waals surface area contributed by atoms with Crippen LogP contribution in [0.2, 0.25) is 0 Å². The van der Waals surface area contributed by atoms with E-state index in [4.69, 9.17) is 14.7 Å². The van der Waals surface area contributed by atoms with Crippen molar-refractivity contribution in [3.05, 3.63) is 0 Å². The van der Waals surface area contributed by atoms with Crippen molar-refractivity contribution >= 4 is 12.0 Å². The summed E-state index contributed by atoms with van der Waals surface area (Å²) < 4.78 is 5.02. The highest BCUT2D eigenvalue weighted by Gasteiger charge is 2.34. The van der Waals surface area contributed by atoms with E-state index in [1.807, 2.05) is 0 Å². The monoisotopic (exact) mass is 246 g/mol. The molecule has 0 aromatic rings. The number of carbonyl (C=O) groups is 2. The van der Waals surface area contributed by atoms with Crippen molar-refractivity contribution < 1.29 is 24.3 Å². The second-order valence-electron chi connectivity index (χ2n) is 4.66. The number of nitrogens with zero attached hydrogens (tertiary/aromatic N) is 1. The third kappa shape index (κ3) is 4.20. The lowest BCUT2D eigenvalue weighted by Gasteiger charge is -2.20. The molecule has 1 heterocycles. The molecule has 98 valence electrons. The Labute approximate surface area is 99.6 Å². The molecule has 1 atom stereocenters. The number of amides is 2. The van der Waals surface area contributed by atoms with Crippen LogP contribution in [0.5, 0.6) is 0 Å². The van der Waals surface area contributed by atoms with Crippen molar-refractivity contribution in [2.75, 3.05) is 19.8 Å². The zero-order valence-electron chi connectivity index (χ0n) is 10.2. The molecule has 17 heavy (non-hydrogen) atoms. The van der Waals surface area contributed by atoms with E-state index in [0.717, 1.165) is 5.06 Å². The van der Waals surface area contributed by atoms with Crippen LogP contribution in [0.4, 0.5) is 4.79 Å². The first kappa shape index (κ1) is 13.7. The van der Waals surface area contributed by atoms with E-state index < -0.39 is 17.7 Å². The van der Waals surface area contributed by atoms with Gasteiger partial charge in [0, 0.05) is 0 Å². The number of hydrogen-bond acceptors (Lipinski definition) is 5. The van der Waals surface area contributed by atoms with E-state index in [1.54, 1.807) is 20.8 Å². The second-order valence-corrected chi connectivity index (χ2v) is 4.66. The minimum atomic E-state index is -0.753. The van der Waals surface area contributed by atoms with E-state index in [2.05, 4.69) is 5.32 Å². The maximum absolute atomic E-state index is 11.6. The predicted molar refractivity (Wildman–Crippen MR) is 57.9 cm³/mol. The number of alkyl carbamates (subject to hydrolysis) is 1. The molecule has 0 spiro atoms. The molecule has 1 aliphatic rings. The Morgan fingerprint density at radius 3 is 2.82 bits per heavy atom. The van der Waals surface area contributed by atoms with E-state index in [9.17, 15) is 9.59 Å². The highest BCUT2D eigenvalue weighted by molar-refractivity contribution is 5.86. The second kappa shape index (κ2) is 5.33. The van der Waals surface area contributed by atoms with Crippen molar-refractivity contribution in [1.82, 2.24) is 10.4 Å². The van der Waals surface area contributed by atoms with Gasteiger partial charge < -0.3 is 15.2 Å². The van der Waals surface area contributed by atoms with Gasteiger partial charge in [-0.3, -0.25) is 9.63 Å². The van der Waals surface area contributed by atoms with Gasteiger partial charge in [0.2, 0.25) is 0 Å². The fourth-order valence-corrected chi connectivity index (χ4v) is 1.29. The first-order chi connectivity index (χ1) is 7.83. The molecule has 7 heteroatoms. The minimum absolute atomic E-state index is 0.0536. The van der Waals surface area contributed by atoms with Gasteiger partial charge in [-0.15, -0.1) is 0 Å². The van der Waals surface area contributed by atoms with E-state index in [-0.39, 0.29) is 25.7 Å². The highest BCUT2D eigenvalue weighted by Crippen LogP contribution is 2.10. The molecule has 2 N–H and O–H groups in total. The minimum Gasteiger partial charge on any atom is -0.444 e. The number of aliphatic hydroxyl groups excluding tert-OH is 1. The molecule has 0 aromatic heterocycles. The Kier molecular flexibility index (Phi) is 4.30. The maximum Gasteiger partial charge on any atom is 0.408 e. The summed E-state index contributed by atoms with van der Waals surface area (Å²) >= 11 is 0. The molecular weight excluding hydrogens is 228 g/mol. The van der Waals surface area contributed by atoms with E-state index in [1.165, 1.54) is 0 Å². The van der Waals surface area contributed by atoms with Crippen molar-refractivity contribution in [3.63, 3.8) is 0 Å². The molecule has 0 bridgehead atoms. The van der Waals surface area contributed by atoms with Gasteiger partial charge in [-0.05, 0) is 20.8 Å². The molecule has 1 fully saturated rings. The van der Waals surface area contributed by atoms with Crippen LogP contribution < -0.4 is 5.32 Å². The quantitative estimate of drug-likeness (QED) is 0.710. The molecule has 0 radical (unpaired) electrons. The van der Waals surface area contributed by atoms with Gasteiger partial charge in [-0.25, -0.2) is 9.86 Å². The summed E-state index contributed by atoms with van der Waals surface area (Å²) in [6.45, 7) is 5.15. The Balaban J connectivity index is 2.43. The van der Waals surface area contributed by atoms with Crippen LogP contribution in [0.3, 0.4) is 0 Å². The van der Waals surface area contributed by atoms with Crippen LogP contribution in [-0.4, -0.2) is 53.6 Å². The summed E-state index contributed by atoms with van der Waals surface area (Å²) in [4.78, 5) is 28.0. The van der Waals surface area contributed by atoms with Crippen molar-refractivity contribution in [3.8, 4) is 0 Å². The smallest absolute Gasteiger partial charge is 0.408 e. The van der Waals surface area contributed by atoms with Crippen LogP contribution in [0.1, 0.15) is 20.8 Å². The average molecular weight is 246 g/mol. The molecule has 2 amide bonds. The normalized spacial score (nSPS) is 20.6. The van der Waals surface area contributed by atoms with Crippen molar-refractivity contribution in [2.45, 2.75) is 32.4 Å². The van der Waals surface area contributed by atoms with Crippen molar-refractivity contribution in [2.24, 2.45) is 0 Å². The third-order valence-corrected chi connectivity index (χ3v) is 1.94. The summed E-state index contributed by atoms with van der Waals surface area (Å²) in [5.41, 5.74) is -0.614. The average Bonchev–Trinajstić information content (AvgIpc) is 2.47. The molecule has 1 aliphatic heterocycles. The summed E-state index contributed by atoms with van der Waals surface area (Å²) in [5, 5.41) is 12.1. The van der Waals surface area contributed by atoms with Crippen LogP contribution >= 0.6 is 0 Å². The number of nitrogens with one attached hydrogen (secondary N) is 1. The Hall–Kier alpha value is -1.34. The molecule has 0 saturated carbocycles. The van der Waals surface area contributed by atoms with Crippen LogP contribution in [0, 0.1) is 0 Å². The Morgan fingerprint density at radius 1 is 1.65 bits per heavy atom. The predicted octanol–water partition coefficient (Wildman–Crippen LogP) is -0.354. The molecule has 0 unspecified atom stereocenters. The molecule has 0 aromatic carbocycles. The number of rotatable bonds is 3. The SMILES string of the molecule is CC(C)(C)OC(=O)N[C@@H]1CON(CCO)C1=O. The van der Waals surface area contributed by atoms with Crippen LogP contribution in [0.25, 0.3) is 0 Å². The van der Waals surface area contributed by atoms with Crippen LogP contribution in [0.15, 0.2) is 0 Å². The van der Waals surface area contributed by atoms with E-state index in [0.29, 0.717) is 0 Å². The Morgan fingerprint density at radius 2 is 2.29 bits per heavy atom. The first-order valence-electron chi connectivity index (χ1n) is 5.38. The third-order valence-electron chi connectivity index (χ3n) is 1.94. The number of ether oxygens (including phenoxy) is 1. The molecule has 7 nitrogen and oxygen atoms in total. The molecular formula is C10H18N2O5. The molecule has 1 rings (SSSR count). The summed E-state index contributed by atoms with van der Waals surface area (Å²) in [6.07, 6.45) is -0.662. The first-order valence-corrected chi connectivity index (χ1v) is 5.38. The maximum atomic E-state index is 11.6. The van der Waals surface area contributed by atoms with Gasteiger partial charge in [-0.2, -0.15) is 0 Å². The van der Waals surface area contributed by atoms with Crippen LogP contribution in [-0.2, 0) is 14.4 Å². The Bertz CT molecular complexity index is 300. The van der Waals surface area contributed by atoms with Gasteiger partial charge in [0.05, 0.1) is 13.2 Å². The summed E-state index contributed by atoms with van der Waals surface area (Å²) in [6, 6.07) is -0.753. The summed E-state index contributed by atoms with van der Waals surface area (Å²) in [5.74, 6) is -0.384. The van der Waals surface area contributed by atoms with Gasteiger partial charge in [0.25, 0.3) is 5.91 Å². The van der Waals surface area contributed by atoms with Gasteiger partial charge in [-0.1, -0.05) is 0 Å². The zero-order valence-corrected chi connectivity index (χ0v) is 10.2. The van der Waals surface area contributed by atoms with Gasteiger partial charge in [0.1, 0.15) is 18.2 Å². The lowest BCUT2D eigenvalue weighted by molar-refractivity contribution is -0.163.